The molecule has 0 spiro atoms. The summed E-state index contributed by atoms with van der Waals surface area (Å²) in [5.41, 5.74) is 4.35. The van der Waals surface area contributed by atoms with Gasteiger partial charge in [0.05, 0.1) is 4.47 Å². The maximum atomic E-state index is 12.3. The average Bonchev–Trinajstić information content (AvgIpc) is 3.01. The molecule has 1 heterocycles. The van der Waals surface area contributed by atoms with Gasteiger partial charge < -0.3 is 9.72 Å². The molecular weight excluding hydrogens is 476 g/mol. The number of fused-ring (bicyclic) bond motifs is 3. The van der Waals surface area contributed by atoms with E-state index in [4.69, 9.17) is 4.74 Å². The number of H-pyrrole nitrogens is 1. The number of amides is 1. The second kappa shape index (κ2) is 7.32. The quantitative estimate of drug-likeness (QED) is 0.493. The predicted molar refractivity (Wildman–Crippen MR) is 111 cm³/mol. The highest BCUT2D eigenvalue weighted by molar-refractivity contribution is 9.11. The Balaban J connectivity index is 1.54. The summed E-state index contributed by atoms with van der Waals surface area (Å²) >= 11 is 6.37. The van der Waals surface area contributed by atoms with E-state index in [-0.39, 0.29) is 23.6 Å². The molecule has 2 aromatic carbocycles. The van der Waals surface area contributed by atoms with Crippen molar-refractivity contribution < 1.29 is 9.53 Å². The van der Waals surface area contributed by atoms with Crippen LogP contribution in [0.3, 0.4) is 0 Å². The van der Waals surface area contributed by atoms with Crippen LogP contribution in [0.25, 0.3) is 11.1 Å². The van der Waals surface area contributed by atoms with E-state index >= 15 is 0 Å². The number of ether oxygens (including phenoxy) is 1. The minimum atomic E-state index is -0.679. The van der Waals surface area contributed by atoms with Gasteiger partial charge in [-0.3, -0.25) is 10.1 Å². The highest BCUT2D eigenvalue weighted by Gasteiger charge is 2.29. The van der Waals surface area contributed by atoms with Crippen LogP contribution >= 0.6 is 31.9 Å². The molecule has 0 radical (unpaired) electrons. The van der Waals surface area contributed by atoms with Gasteiger partial charge in [-0.1, -0.05) is 48.5 Å². The summed E-state index contributed by atoms with van der Waals surface area (Å²) < 4.78 is 6.15. The number of benzene rings is 2. The largest absolute Gasteiger partial charge is 0.448 e. The zero-order valence-corrected chi connectivity index (χ0v) is 17.1. The van der Waals surface area contributed by atoms with Crippen LogP contribution in [-0.2, 0) is 4.74 Å². The summed E-state index contributed by atoms with van der Waals surface area (Å²) in [7, 11) is 0. The number of rotatable bonds is 3. The van der Waals surface area contributed by atoms with E-state index in [1.54, 1.807) is 0 Å². The van der Waals surface area contributed by atoms with E-state index < -0.39 is 6.09 Å². The van der Waals surface area contributed by atoms with Gasteiger partial charge in [0.15, 0.2) is 0 Å². The Labute approximate surface area is 172 Å². The first kappa shape index (κ1) is 18.0. The summed E-state index contributed by atoms with van der Waals surface area (Å²) in [6.07, 6.45) is 0.816. The van der Waals surface area contributed by atoms with Gasteiger partial charge in [0, 0.05) is 12.1 Å². The fraction of sp³-hybridized carbons (Fsp3) is 0.100. The summed E-state index contributed by atoms with van der Waals surface area (Å²) in [5, 5.41) is 2.51. The summed E-state index contributed by atoms with van der Waals surface area (Å²) in [6.45, 7) is 0.184. The standard InChI is InChI=1S/C20H14Br2N2O3/c21-16-9-23-19(22)17(18(16)25)24-20(26)27-10-15-13-7-3-1-5-11(13)12-6-2-4-8-14(12)15/h1-9,15H,10H2,(H,23,25)(H,24,26). The SMILES string of the molecule is O=C(Nc1c(Br)[nH]cc(Br)c1=O)OCC1c2ccccc2-c2ccccc21. The van der Waals surface area contributed by atoms with Crippen molar-refractivity contribution in [3.63, 3.8) is 0 Å². The lowest BCUT2D eigenvalue weighted by Crippen LogP contribution is -2.22. The van der Waals surface area contributed by atoms with Gasteiger partial charge >= 0.3 is 6.09 Å². The molecule has 0 fully saturated rings. The first-order chi connectivity index (χ1) is 13.1. The minimum Gasteiger partial charge on any atom is -0.448 e. The van der Waals surface area contributed by atoms with Crippen molar-refractivity contribution in [1.29, 1.82) is 0 Å². The van der Waals surface area contributed by atoms with Crippen molar-refractivity contribution in [3.05, 3.63) is 85.2 Å². The molecule has 2 N–H and O–H groups in total. The van der Waals surface area contributed by atoms with Crippen LogP contribution in [0.4, 0.5) is 10.5 Å². The average molecular weight is 490 g/mol. The Kier molecular flexibility index (Phi) is 4.88. The maximum absolute atomic E-state index is 12.3. The number of hydrogen-bond donors (Lipinski definition) is 2. The molecule has 5 nitrogen and oxygen atoms in total. The molecule has 7 heteroatoms. The summed E-state index contributed by atoms with van der Waals surface area (Å²) in [4.78, 5) is 27.3. The van der Waals surface area contributed by atoms with Gasteiger partial charge in [0.1, 0.15) is 16.9 Å². The molecule has 0 saturated heterocycles. The number of halogens is 2. The first-order valence-corrected chi connectivity index (χ1v) is 9.83. The highest BCUT2D eigenvalue weighted by Crippen LogP contribution is 2.44. The van der Waals surface area contributed by atoms with Gasteiger partial charge in [-0.15, -0.1) is 0 Å². The molecule has 1 aliphatic rings. The number of anilines is 1. The van der Waals surface area contributed by atoms with Crippen molar-refractivity contribution in [2.75, 3.05) is 11.9 Å². The lowest BCUT2D eigenvalue weighted by molar-refractivity contribution is 0.158. The van der Waals surface area contributed by atoms with Gasteiger partial charge in [-0.2, -0.15) is 0 Å². The van der Waals surface area contributed by atoms with Gasteiger partial charge in [0.25, 0.3) is 0 Å². The fourth-order valence-corrected chi connectivity index (χ4v) is 4.04. The highest BCUT2D eigenvalue weighted by atomic mass is 79.9. The van der Waals surface area contributed by atoms with Crippen LogP contribution in [-0.4, -0.2) is 17.7 Å². The molecule has 1 aliphatic carbocycles. The molecule has 1 aromatic heterocycles. The third kappa shape index (κ3) is 3.33. The number of carbonyl (C=O) groups is 1. The van der Waals surface area contributed by atoms with E-state index in [1.807, 2.05) is 24.3 Å². The second-order valence-electron chi connectivity index (χ2n) is 6.11. The number of nitrogens with one attached hydrogen (secondary N) is 2. The van der Waals surface area contributed by atoms with Crippen molar-refractivity contribution in [1.82, 2.24) is 4.98 Å². The van der Waals surface area contributed by atoms with Crippen molar-refractivity contribution in [2.24, 2.45) is 0 Å². The number of hydrogen-bond acceptors (Lipinski definition) is 3. The Hall–Kier alpha value is -2.38. The van der Waals surface area contributed by atoms with Crippen LogP contribution in [0.2, 0.25) is 0 Å². The Bertz CT molecular complexity index is 1050. The van der Waals surface area contributed by atoms with E-state index in [2.05, 4.69) is 66.4 Å². The predicted octanol–water partition coefficient (Wildman–Crippen LogP) is 5.26. The Morgan fingerprint density at radius 1 is 1.04 bits per heavy atom. The molecule has 0 unspecified atom stereocenters. The molecule has 0 bridgehead atoms. The van der Waals surface area contributed by atoms with Crippen molar-refractivity contribution in [2.45, 2.75) is 5.92 Å². The number of aromatic amines is 1. The van der Waals surface area contributed by atoms with E-state index in [1.165, 1.54) is 6.20 Å². The molecule has 136 valence electrons. The molecular formula is C20H14Br2N2O3. The molecule has 0 saturated carbocycles. The van der Waals surface area contributed by atoms with E-state index in [9.17, 15) is 9.59 Å². The lowest BCUT2D eigenvalue weighted by Gasteiger charge is -2.14. The summed E-state index contributed by atoms with van der Waals surface area (Å²) in [5.74, 6) is -0.0348. The van der Waals surface area contributed by atoms with Crippen LogP contribution in [0, 0.1) is 0 Å². The zero-order chi connectivity index (χ0) is 19.0. The molecule has 27 heavy (non-hydrogen) atoms. The molecule has 1 amide bonds. The molecule has 0 atom stereocenters. The first-order valence-electron chi connectivity index (χ1n) is 8.25. The number of pyridine rings is 1. The lowest BCUT2D eigenvalue weighted by atomic mass is 9.98. The van der Waals surface area contributed by atoms with Crippen LogP contribution in [0.15, 0.2) is 68.6 Å². The molecule has 3 aromatic rings. The van der Waals surface area contributed by atoms with Crippen LogP contribution in [0.5, 0.6) is 0 Å². The third-order valence-corrected chi connectivity index (χ3v) is 5.77. The fourth-order valence-electron chi connectivity index (χ4n) is 3.33. The number of aromatic nitrogens is 1. The van der Waals surface area contributed by atoms with Crippen molar-refractivity contribution in [3.8, 4) is 11.1 Å². The van der Waals surface area contributed by atoms with Crippen LogP contribution < -0.4 is 10.7 Å². The van der Waals surface area contributed by atoms with Gasteiger partial charge in [0.2, 0.25) is 5.43 Å². The second-order valence-corrected chi connectivity index (χ2v) is 7.75. The van der Waals surface area contributed by atoms with E-state index in [0.29, 0.717) is 9.08 Å². The zero-order valence-electron chi connectivity index (χ0n) is 14.0. The number of carbonyl (C=O) groups excluding carboxylic acids is 1. The molecule has 4 rings (SSSR count). The normalized spacial score (nSPS) is 12.4. The minimum absolute atomic E-state index is 0.0348. The topological polar surface area (TPSA) is 71.2 Å². The Morgan fingerprint density at radius 2 is 1.63 bits per heavy atom. The maximum Gasteiger partial charge on any atom is 0.411 e. The smallest absolute Gasteiger partial charge is 0.411 e. The van der Waals surface area contributed by atoms with E-state index in [0.717, 1.165) is 22.3 Å². The molecule has 0 aliphatic heterocycles. The third-order valence-electron chi connectivity index (χ3n) is 4.56. The monoisotopic (exact) mass is 488 g/mol. The van der Waals surface area contributed by atoms with Gasteiger partial charge in [-0.05, 0) is 54.1 Å². The Morgan fingerprint density at radius 3 is 2.26 bits per heavy atom. The van der Waals surface area contributed by atoms with Crippen LogP contribution in [0.1, 0.15) is 17.0 Å². The van der Waals surface area contributed by atoms with Gasteiger partial charge in [-0.25, -0.2) is 4.79 Å². The van der Waals surface area contributed by atoms with Crippen molar-refractivity contribution >= 4 is 43.6 Å². The summed E-state index contributed by atoms with van der Waals surface area (Å²) in [6, 6.07) is 16.2.